The number of nitrogens with zero attached hydrogens (tertiary/aromatic N) is 4. The minimum absolute atomic E-state index is 0.274. The lowest BCUT2D eigenvalue weighted by Gasteiger charge is -2.09. The van der Waals surface area contributed by atoms with Gasteiger partial charge in [-0.15, -0.1) is 11.3 Å². The number of carboxylic acid groups (broad SMARTS) is 1. The number of rotatable bonds is 6. The number of H-pyrrole nitrogens is 1. The molecule has 4 heterocycles. The number of hydrogen-bond donors (Lipinski definition) is 3. The van der Waals surface area contributed by atoms with Gasteiger partial charge in [0, 0.05) is 36.2 Å². The van der Waals surface area contributed by atoms with Crippen molar-refractivity contribution in [1.29, 1.82) is 0 Å². The molecule has 0 aliphatic rings. The van der Waals surface area contributed by atoms with Crippen molar-refractivity contribution in [2.75, 3.05) is 5.32 Å². The molecule has 0 radical (unpaired) electrons. The van der Waals surface area contributed by atoms with E-state index in [1.807, 2.05) is 43.5 Å². The maximum atomic E-state index is 11.3. The second kappa shape index (κ2) is 7.69. The van der Waals surface area contributed by atoms with Gasteiger partial charge in [0.25, 0.3) is 0 Å². The summed E-state index contributed by atoms with van der Waals surface area (Å²) < 4.78 is 2.09. The molecule has 0 amide bonds. The second-order valence-electron chi connectivity index (χ2n) is 7.03. The molecular weight excluding hydrogens is 412 g/mol. The van der Waals surface area contributed by atoms with Crippen LogP contribution in [0.3, 0.4) is 0 Å². The SMILES string of the molecule is Cc1nccn1Cc1ccc(Nc2nc(-c3ccc(C(=O)O)s3)c3cc[nH]c3n2)cc1. The Hall–Kier alpha value is -3.98. The molecule has 0 spiro atoms. The summed E-state index contributed by atoms with van der Waals surface area (Å²) in [6, 6.07) is 13.3. The maximum Gasteiger partial charge on any atom is 0.345 e. The van der Waals surface area contributed by atoms with Crippen molar-refractivity contribution in [1.82, 2.24) is 24.5 Å². The Morgan fingerprint density at radius 2 is 2.00 bits per heavy atom. The van der Waals surface area contributed by atoms with Crippen LogP contribution in [0.25, 0.3) is 21.6 Å². The van der Waals surface area contributed by atoms with Crippen molar-refractivity contribution in [3.8, 4) is 10.6 Å². The van der Waals surface area contributed by atoms with E-state index >= 15 is 0 Å². The molecule has 0 unspecified atom stereocenters. The first kappa shape index (κ1) is 19.0. The van der Waals surface area contributed by atoms with E-state index in [-0.39, 0.29) is 4.88 Å². The monoisotopic (exact) mass is 430 g/mol. The van der Waals surface area contributed by atoms with Gasteiger partial charge in [-0.05, 0) is 42.8 Å². The highest BCUT2D eigenvalue weighted by Crippen LogP contribution is 2.33. The van der Waals surface area contributed by atoms with Crippen LogP contribution in [0.5, 0.6) is 0 Å². The molecule has 154 valence electrons. The van der Waals surface area contributed by atoms with Crippen molar-refractivity contribution in [2.45, 2.75) is 13.5 Å². The Bertz CT molecular complexity index is 1380. The molecule has 4 aromatic heterocycles. The van der Waals surface area contributed by atoms with E-state index in [1.165, 1.54) is 11.3 Å². The summed E-state index contributed by atoms with van der Waals surface area (Å²) >= 11 is 1.19. The number of benzene rings is 1. The van der Waals surface area contributed by atoms with Crippen molar-refractivity contribution in [3.05, 3.63) is 77.3 Å². The minimum Gasteiger partial charge on any atom is -0.477 e. The molecule has 0 aliphatic heterocycles. The van der Waals surface area contributed by atoms with Crippen LogP contribution >= 0.6 is 11.3 Å². The van der Waals surface area contributed by atoms with Crippen LogP contribution in [0.1, 0.15) is 21.1 Å². The van der Waals surface area contributed by atoms with Crippen molar-refractivity contribution >= 4 is 40.0 Å². The Morgan fingerprint density at radius 1 is 1.16 bits per heavy atom. The number of imidazole rings is 1. The minimum atomic E-state index is -0.944. The summed E-state index contributed by atoms with van der Waals surface area (Å²) in [5.41, 5.74) is 3.40. The average molecular weight is 430 g/mol. The van der Waals surface area contributed by atoms with E-state index in [1.54, 1.807) is 24.5 Å². The lowest BCUT2D eigenvalue weighted by molar-refractivity contribution is 0.0702. The summed E-state index contributed by atoms with van der Waals surface area (Å²) in [5.74, 6) is 0.468. The number of aromatic amines is 1. The molecule has 8 nitrogen and oxygen atoms in total. The molecule has 5 rings (SSSR count). The van der Waals surface area contributed by atoms with E-state index in [9.17, 15) is 9.90 Å². The first-order chi connectivity index (χ1) is 15.1. The standard InChI is InChI=1S/C22H18N6O2S/c1-13-23-10-11-28(13)12-14-2-4-15(5-3-14)25-22-26-19(16-8-9-24-20(16)27-22)17-6-7-18(31-17)21(29)30/h2-11H,12H2,1H3,(H,29,30)(H2,24,25,26,27). The lowest BCUT2D eigenvalue weighted by atomic mass is 10.2. The Labute approximate surface area is 181 Å². The highest BCUT2D eigenvalue weighted by molar-refractivity contribution is 7.17. The van der Waals surface area contributed by atoms with Gasteiger partial charge in [-0.3, -0.25) is 0 Å². The third-order valence-corrected chi connectivity index (χ3v) is 6.03. The zero-order valence-electron chi connectivity index (χ0n) is 16.5. The van der Waals surface area contributed by atoms with Gasteiger partial charge in [0.15, 0.2) is 0 Å². The van der Waals surface area contributed by atoms with Crippen LogP contribution in [0, 0.1) is 6.92 Å². The van der Waals surface area contributed by atoms with Crippen molar-refractivity contribution < 1.29 is 9.90 Å². The number of aryl methyl sites for hydroxylation is 1. The highest BCUT2D eigenvalue weighted by atomic mass is 32.1. The molecule has 1 aromatic carbocycles. The molecule has 3 N–H and O–H groups in total. The van der Waals surface area contributed by atoms with E-state index in [2.05, 4.69) is 29.8 Å². The van der Waals surface area contributed by atoms with Gasteiger partial charge in [-0.1, -0.05) is 12.1 Å². The molecule has 9 heteroatoms. The zero-order valence-corrected chi connectivity index (χ0v) is 17.3. The molecule has 0 atom stereocenters. The van der Waals surface area contributed by atoms with Gasteiger partial charge in [-0.2, -0.15) is 4.98 Å². The van der Waals surface area contributed by atoms with Crippen LogP contribution in [-0.4, -0.2) is 35.6 Å². The van der Waals surface area contributed by atoms with Gasteiger partial charge < -0.3 is 20.0 Å². The van der Waals surface area contributed by atoms with Gasteiger partial charge in [-0.25, -0.2) is 14.8 Å². The van der Waals surface area contributed by atoms with E-state index in [0.29, 0.717) is 17.3 Å². The number of aromatic carboxylic acids is 1. The second-order valence-corrected chi connectivity index (χ2v) is 8.11. The predicted octanol–water partition coefficient (Wildman–Crippen LogP) is 4.68. The van der Waals surface area contributed by atoms with Crippen LogP contribution in [0.15, 0.2) is 61.1 Å². The van der Waals surface area contributed by atoms with Gasteiger partial charge in [0.05, 0.1) is 10.6 Å². The molecule has 0 saturated heterocycles. The van der Waals surface area contributed by atoms with E-state index < -0.39 is 5.97 Å². The predicted molar refractivity (Wildman–Crippen MR) is 120 cm³/mol. The Kier molecular flexibility index (Phi) is 4.72. The summed E-state index contributed by atoms with van der Waals surface area (Å²) in [4.78, 5) is 28.9. The van der Waals surface area contributed by atoms with Gasteiger partial charge >= 0.3 is 5.97 Å². The molecule has 0 aliphatic carbocycles. The topological polar surface area (TPSA) is 109 Å². The first-order valence-corrected chi connectivity index (χ1v) is 10.4. The highest BCUT2D eigenvalue weighted by Gasteiger charge is 2.15. The van der Waals surface area contributed by atoms with Crippen LogP contribution in [0.2, 0.25) is 0 Å². The summed E-state index contributed by atoms with van der Waals surface area (Å²) in [5, 5.41) is 13.3. The quantitative estimate of drug-likeness (QED) is 0.361. The number of thiophene rings is 1. The van der Waals surface area contributed by atoms with Crippen LogP contribution in [-0.2, 0) is 6.54 Å². The average Bonchev–Trinajstić information content (AvgIpc) is 3.50. The number of anilines is 2. The maximum absolute atomic E-state index is 11.3. The molecule has 0 fully saturated rings. The number of aromatic nitrogens is 5. The van der Waals surface area contributed by atoms with Crippen LogP contribution < -0.4 is 5.32 Å². The first-order valence-electron chi connectivity index (χ1n) is 9.59. The number of carboxylic acids is 1. The lowest BCUT2D eigenvalue weighted by Crippen LogP contribution is -2.02. The van der Waals surface area contributed by atoms with Crippen molar-refractivity contribution in [3.63, 3.8) is 0 Å². The fourth-order valence-corrected chi connectivity index (χ4v) is 4.20. The third-order valence-electron chi connectivity index (χ3n) is 4.95. The number of nitrogens with one attached hydrogen (secondary N) is 2. The fraction of sp³-hybridized carbons (Fsp3) is 0.0909. The van der Waals surface area contributed by atoms with Crippen LogP contribution in [0.4, 0.5) is 11.6 Å². The Morgan fingerprint density at radius 3 is 2.71 bits per heavy atom. The fourth-order valence-electron chi connectivity index (χ4n) is 3.36. The molecule has 5 aromatic rings. The largest absolute Gasteiger partial charge is 0.477 e. The Balaban J connectivity index is 1.42. The van der Waals surface area contributed by atoms with E-state index in [0.717, 1.165) is 33.9 Å². The van der Waals surface area contributed by atoms with Crippen molar-refractivity contribution in [2.24, 2.45) is 0 Å². The molecule has 0 saturated carbocycles. The normalized spacial score (nSPS) is 11.1. The summed E-state index contributed by atoms with van der Waals surface area (Å²) in [7, 11) is 0. The summed E-state index contributed by atoms with van der Waals surface area (Å²) in [6.07, 6.45) is 5.55. The number of carbonyl (C=O) groups is 1. The zero-order chi connectivity index (χ0) is 21.4. The molecule has 0 bridgehead atoms. The van der Waals surface area contributed by atoms with E-state index in [4.69, 9.17) is 0 Å². The number of hydrogen-bond acceptors (Lipinski definition) is 6. The number of fused-ring (bicyclic) bond motifs is 1. The smallest absolute Gasteiger partial charge is 0.345 e. The molecule has 31 heavy (non-hydrogen) atoms. The summed E-state index contributed by atoms with van der Waals surface area (Å²) in [6.45, 7) is 2.74. The van der Waals surface area contributed by atoms with Gasteiger partial charge in [0.1, 0.15) is 16.3 Å². The molecular formula is C22H18N6O2S. The third kappa shape index (κ3) is 3.78. The van der Waals surface area contributed by atoms with Gasteiger partial charge in [0.2, 0.25) is 5.95 Å².